The smallest absolute Gasteiger partial charge is 0.154 e. The molecule has 0 fully saturated rings. The van der Waals surface area contributed by atoms with Gasteiger partial charge in [0.05, 0.1) is 24.5 Å². The van der Waals surface area contributed by atoms with Gasteiger partial charge in [-0.1, -0.05) is 26.0 Å². The summed E-state index contributed by atoms with van der Waals surface area (Å²) in [7, 11) is 4.05. The Kier molecular flexibility index (Phi) is 4.90. The van der Waals surface area contributed by atoms with Crippen LogP contribution in [0.2, 0.25) is 0 Å². The van der Waals surface area contributed by atoms with Gasteiger partial charge in [0.15, 0.2) is 5.65 Å². The lowest BCUT2D eigenvalue weighted by Gasteiger charge is -2.20. The zero-order chi connectivity index (χ0) is 18.0. The first-order valence-corrected chi connectivity index (χ1v) is 8.49. The van der Waals surface area contributed by atoms with Crippen LogP contribution >= 0.6 is 0 Å². The summed E-state index contributed by atoms with van der Waals surface area (Å²) in [5.41, 5.74) is 3.94. The van der Waals surface area contributed by atoms with Crippen LogP contribution in [0.4, 0.5) is 11.5 Å². The Balaban J connectivity index is 1.95. The third kappa shape index (κ3) is 3.58. The first kappa shape index (κ1) is 17.2. The van der Waals surface area contributed by atoms with Crippen molar-refractivity contribution < 1.29 is 5.11 Å². The second-order valence-electron chi connectivity index (χ2n) is 6.75. The number of imidazole rings is 1. The largest absolute Gasteiger partial charge is 0.394 e. The predicted molar refractivity (Wildman–Crippen MR) is 102 cm³/mol. The summed E-state index contributed by atoms with van der Waals surface area (Å²) in [5, 5.41) is 17.5. The van der Waals surface area contributed by atoms with E-state index in [0.29, 0.717) is 5.92 Å². The lowest BCUT2D eigenvalue weighted by Crippen LogP contribution is -2.30. The molecule has 0 radical (unpaired) electrons. The van der Waals surface area contributed by atoms with E-state index >= 15 is 0 Å². The maximum atomic E-state index is 9.52. The van der Waals surface area contributed by atoms with Crippen molar-refractivity contribution in [3.63, 3.8) is 0 Å². The van der Waals surface area contributed by atoms with Gasteiger partial charge in [0.1, 0.15) is 5.82 Å². The van der Waals surface area contributed by atoms with Crippen molar-refractivity contribution in [1.29, 1.82) is 0 Å². The molecule has 25 heavy (non-hydrogen) atoms. The van der Waals surface area contributed by atoms with E-state index in [0.717, 1.165) is 28.4 Å². The fourth-order valence-electron chi connectivity index (χ4n) is 2.69. The Morgan fingerprint density at radius 2 is 1.84 bits per heavy atom. The molecule has 2 heterocycles. The van der Waals surface area contributed by atoms with Crippen LogP contribution in [-0.2, 0) is 0 Å². The van der Waals surface area contributed by atoms with Crippen molar-refractivity contribution in [2.45, 2.75) is 19.9 Å². The van der Waals surface area contributed by atoms with E-state index in [1.165, 1.54) is 0 Å². The van der Waals surface area contributed by atoms with Crippen molar-refractivity contribution >= 4 is 17.2 Å². The first-order chi connectivity index (χ1) is 12.0. The summed E-state index contributed by atoms with van der Waals surface area (Å²) in [6.45, 7) is 4.21. The van der Waals surface area contributed by atoms with Crippen LogP contribution in [0.25, 0.3) is 16.9 Å². The average molecular weight is 339 g/mol. The minimum Gasteiger partial charge on any atom is -0.394 e. The molecule has 132 valence electrons. The molecule has 1 aromatic carbocycles. The number of aliphatic hydroxyl groups is 1. The van der Waals surface area contributed by atoms with Gasteiger partial charge >= 0.3 is 0 Å². The number of rotatable bonds is 6. The Labute approximate surface area is 148 Å². The van der Waals surface area contributed by atoms with Gasteiger partial charge in [-0.15, -0.1) is 5.10 Å². The number of nitrogens with one attached hydrogen (secondary N) is 1. The van der Waals surface area contributed by atoms with Crippen LogP contribution in [0.1, 0.15) is 13.8 Å². The van der Waals surface area contributed by atoms with Crippen LogP contribution < -0.4 is 10.2 Å². The molecule has 0 amide bonds. The number of hydrogen-bond acceptors (Lipinski definition) is 5. The zero-order valence-electron chi connectivity index (χ0n) is 15.1. The molecule has 0 unspecified atom stereocenters. The second-order valence-corrected chi connectivity index (χ2v) is 6.75. The minimum atomic E-state index is -0.0312. The molecule has 0 aliphatic carbocycles. The van der Waals surface area contributed by atoms with E-state index in [2.05, 4.69) is 58.4 Å². The molecule has 6 heteroatoms. The third-order valence-electron chi connectivity index (χ3n) is 4.38. The summed E-state index contributed by atoms with van der Waals surface area (Å²) in [5.74, 6) is 1.03. The third-order valence-corrected chi connectivity index (χ3v) is 4.38. The molecule has 2 N–H and O–H groups in total. The summed E-state index contributed by atoms with van der Waals surface area (Å²) in [6.07, 6.45) is 1.84. The molecule has 2 aromatic heterocycles. The normalized spacial score (nSPS) is 12.6. The standard InChI is InChI=1S/C19H25N5O/c1-13(2)16(12-25)21-18-9-10-19-20-11-17(24(19)22-18)14-5-7-15(8-6-14)23(3)4/h5-11,13,16,25H,12H2,1-4H3,(H,21,22)/t16-/m1/s1. The number of hydrogen-bond donors (Lipinski definition) is 2. The van der Waals surface area contributed by atoms with Crippen molar-refractivity contribution in [2.24, 2.45) is 5.92 Å². The van der Waals surface area contributed by atoms with Crippen LogP contribution in [0.15, 0.2) is 42.6 Å². The van der Waals surface area contributed by atoms with Gasteiger partial charge in [0, 0.05) is 25.3 Å². The van der Waals surface area contributed by atoms with Crippen LogP contribution in [0.3, 0.4) is 0 Å². The number of aromatic nitrogens is 3. The molecule has 0 spiro atoms. The Morgan fingerprint density at radius 3 is 2.44 bits per heavy atom. The Bertz CT molecular complexity index is 839. The summed E-state index contributed by atoms with van der Waals surface area (Å²) in [4.78, 5) is 6.51. The summed E-state index contributed by atoms with van der Waals surface area (Å²) in [6, 6.07) is 12.1. The van der Waals surface area contributed by atoms with E-state index in [4.69, 9.17) is 0 Å². The van der Waals surface area contributed by atoms with E-state index in [1.54, 1.807) is 0 Å². The quantitative estimate of drug-likeness (QED) is 0.723. The fraction of sp³-hybridized carbons (Fsp3) is 0.368. The molecule has 0 aliphatic rings. The van der Waals surface area contributed by atoms with Crippen molar-refractivity contribution in [1.82, 2.24) is 14.6 Å². The van der Waals surface area contributed by atoms with E-state index in [1.807, 2.05) is 36.9 Å². The van der Waals surface area contributed by atoms with Gasteiger partial charge in [0.25, 0.3) is 0 Å². The number of fused-ring (bicyclic) bond motifs is 1. The number of nitrogens with zero attached hydrogens (tertiary/aromatic N) is 4. The lowest BCUT2D eigenvalue weighted by molar-refractivity contribution is 0.249. The topological polar surface area (TPSA) is 65.7 Å². The monoisotopic (exact) mass is 339 g/mol. The van der Waals surface area contributed by atoms with Gasteiger partial charge in [0.2, 0.25) is 0 Å². The lowest BCUT2D eigenvalue weighted by atomic mass is 10.1. The van der Waals surface area contributed by atoms with Gasteiger partial charge in [-0.25, -0.2) is 9.50 Å². The molecule has 1 atom stereocenters. The molecular formula is C19H25N5O. The van der Waals surface area contributed by atoms with Gasteiger partial charge in [-0.05, 0) is 30.2 Å². The Morgan fingerprint density at radius 1 is 1.12 bits per heavy atom. The summed E-state index contributed by atoms with van der Waals surface area (Å²) < 4.78 is 1.84. The summed E-state index contributed by atoms with van der Waals surface area (Å²) >= 11 is 0. The van der Waals surface area contributed by atoms with Crippen LogP contribution in [0.5, 0.6) is 0 Å². The second kappa shape index (κ2) is 7.11. The van der Waals surface area contributed by atoms with Gasteiger partial charge in [-0.2, -0.15) is 0 Å². The first-order valence-electron chi connectivity index (χ1n) is 8.49. The Hall–Kier alpha value is -2.60. The van der Waals surface area contributed by atoms with Gasteiger partial charge < -0.3 is 15.3 Å². The highest BCUT2D eigenvalue weighted by molar-refractivity contribution is 5.66. The highest BCUT2D eigenvalue weighted by Gasteiger charge is 2.14. The predicted octanol–water partition coefficient (Wildman–Crippen LogP) is 2.89. The number of benzene rings is 1. The van der Waals surface area contributed by atoms with E-state index in [-0.39, 0.29) is 12.6 Å². The van der Waals surface area contributed by atoms with Crippen LogP contribution in [0, 0.1) is 5.92 Å². The highest BCUT2D eigenvalue weighted by atomic mass is 16.3. The van der Waals surface area contributed by atoms with E-state index < -0.39 is 0 Å². The number of aliphatic hydroxyl groups excluding tert-OH is 1. The molecule has 0 saturated carbocycles. The van der Waals surface area contributed by atoms with Gasteiger partial charge in [-0.3, -0.25) is 0 Å². The molecule has 6 nitrogen and oxygen atoms in total. The zero-order valence-corrected chi connectivity index (χ0v) is 15.1. The highest BCUT2D eigenvalue weighted by Crippen LogP contribution is 2.23. The van der Waals surface area contributed by atoms with Crippen molar-refractivity contribution in [3.8, 4) is 11.3 Å². The van der Waals surface area contributed by atoms with Crippen molar-refractivity contribution in [2.75, 3.05) is 30.9 Å². The number of anilines is 2. The van der Waals surface area contributed by atoms with Crippen molar-refractivity contribution in [3.05, 3.63) is 42.6 Å². The molecule has 0 saturated heterocycles. The SMILES string of the molecule is CC(C)[C@@H](CO)Nc1ccc2ncc(-c3ccc(N(C)C)cc3)n2n1. The minimum absolute atomic E-state index is 0.0312. The molecular weight excluding hydrogens is 314 g/mol. The molecule has 0 aliphatic heterocycles. The maximum Gasteiger partial charge on any atom is 0.154 e. The average Bonchev–Trinajstić information content (AvgIpc) is 3.02. The fourth-order valence-corrected chi connectivity index (χ4v) is 2.69. The molecule has 3 rings (SSSR count). The maximum absolute atomic E-state index is 9.52. The molecule has 3 aromatic rings. The molecule has 0 bridgehead atoms. The van der Waals surface area contributed by atoms with E-state index in [9.17, 15) is 5.11 Å². The van der Waals surface area contributed by atoms with Crippen LogP contribution in [-0.4, -0.2) is 46.4 Å².